The number of nitrogens with zero attached hydrogens (tertiary/aromatic N) is 2. The molecule has 98 valence electrons. The molecule has 0 spiro atoms. The second-order valence-corrected chi connectivity index (χ2v) is 3.66. The van der Waals surface area contributed by atoms with Crippen molar-refractivity contribution in [3.8, 4) is 0 Å². The Morgan fingerprint density at radius 3 is 1.33 bits per heavy atom. The number of carboxylic acid groups (broad SMARTS) is 2. The van der Waals surface area contributed by atoms with Crippen LogP contribution in [0.4, 0.5) is 0 Å². The zero-order chi connectivity index (χ0) is 14.0. The summed E-state index contributed by atoms with van der Waals surface area (Å²) in [5.41, 5.74) is 0. The van der Waals surface area contributed by atoms with E-state index in [2.05, 4.69) is 0 Å². The van der Waals surface area contributed by atoms with Crippen LogP contribution < -0.4 is 0 Å². The average Bonchev–Trinajstić information content (AvgIpc) is 2.26. The lowest BCUT2D eigenvalue weighted by Crippen LogP contribution is -2.50. The molecule has 1 aliphatic rings. The van der Waals surface area contributed by atoms with E-state index >= 15 is 0 Å². The van der Waals surface area contributed by atoms with Crippen LogP contribution >= 0.6 is 0 Å². The van der Waals surface area contributed by atoms with Gasteiger partial charge in [0, 0.05) is 9.85 Å². The van der Waals surface area contributed by atoms with Gasteiger partial charge < -0.3 is 10.2 Å². The fraction of sp³-hybridized carbons (Fsp3) is 0.500. The van der Waals surface area contributed by atoms with Gasteiger partial charge in [-0.1, -0.05) is 0 Å². The van der Waals surface area contributed by atoms with Gasteiger partial charge in [-0.3, -0.25) is 29.8 Å². The van der Waals surface area contributed by atoms with Crippen molar-refractivity contribution in [3.63, 3.8) is 0 Å². The molecule has 1 rings (SSSR count). The Bertz CT molecular complexity index is 404. The number of carbonyl (C=O) groups is 2. The summed E-state index contributed by atoms with van der Waals surface area (Å²) in [6, 6.07) is -3.58. The van der Waals surface area contributed by atoms with Crippen LogP contribution in [0.2, 0.25) is 0 Å². The number of aliphatic carboxylic acids is 2. The SMILES string of the molecule is O=C(O)C1C(C(=O)O)C([N+](=O)[O-])C=CC1[N+](=O)[O-]. The summed E-state index contributed by atoms with van der Waals surface area (Å²) in [6.07, 6.45) is 1.51. The third kappa shape index (κ3) is 2.26. The molecule has 0 aliphatic heterocycles. The molecular weight excluding hydrogens is 252 g/mol. The molecule has 0 aromatic rings. The van der Waals surface area contributed by atoms with Crippen LogP contribution in [-0.2, 0) is 9.59 Å². The standard InChI is InChI=1S/C8H8N2O8/c11-7(12)5-3(9(15)16)1-2-4(10(17)18)6(5)8(13)14/h1-6H,(H,11,12)(H,13,14). The minimum atomic E-state index is -1.97. The molecule has 0 fully saturated rings. The Morgan fingerprint density at radius 1 is 0.889 bits per heavy atom. The molecule has 0 bridgehead atoms. The van der Waals surface area contributed by atoms with Gasteiger partial charge in [0.25, 0.3) is 0 Å². The van der Waals surface area contributed by atoms with Crippen LogP contribution in [0.25, 0.3) is 0 Å². The molecule has 0 radical (unpaired) electrons. The Morgan fingerprint density at radius 2 is 1.17 bits per heavy atom. The minimum absolute atomic E-state index is 0.756. The van der Waals surface area contributed by atoms with Crippen molar-refractivity contribution in [2.24, 2.45) is 11.8 Å². The van der Waals surface area contributed by atoms with E-state index in [9.17, 15) is 29.8 Å². The van der Waals surface area contributed by atoms with Crippen molar-refractivity contribution in [1.29, 1.82) is 0 Å². The number of carboxylic acids is 2. The monoisotopic (exact) mass is 260 g/mol. The molecule has 10 heteroatoms. The van der Waals surface area contributed by atoms with Gasteiger partial charge in [-0.25, -0.2) is 0 Å². The maximum Gasteiger partial charge on any atom is 0.315 e. The summed E-state index contributed by atoms with van der Waals surface area (Å²) < 4.78 is 0. The van der Waals surface area contributed by atoms with Crippen molar-refractivity contribution in [2.75, 3.05) is 0 Å². The highest BCUT2D eigenvalue weighted by molar-refractivity contribution is 5.82. The van der Waals surface area contributed by atoms with Crippen LogP contribution in [0.3, 0.4) is 0 Å². The fourth-order valence-corrected chi connectivity index (χ4v) is 1.89. The molecule has 10 nitrogen and oxygen atoms in total. The minimum Gasteiger partial charge on any atom is -0.481 e. The van der Waals surface area contributed by atoms with E-state index in [0.717, 1.165) is 12.2 Å². The summed E-state index contributed by atoms with van der Waals surface area (Å²) in [5.74, 6) is -7.45. The Balaban J connectivity index is 3.30. The van der Waals surface area contributed by atoms with E-state index in [1.165, 1.54) is 0 Å². The highest BCUT2D eigenvalue weighted by Gasteiger charge is 2.55. The van der Waals surface area contributed by atoms with Crippen LogP contribution in [0.1, 0.15) is 0 Å². The second kappa shape index (κ2) is 4.77. The van der Waals surface area contributed by atoms with Crippen molar-refractivity contribution in [2.45, 2.75) is 12.1 Å². The molecule has 1 aliphatic carbocycles. The quantitative estimate of drug-likeness (QED) is 0.379. The van der Waals surface area contributed by atoms with Crippen molar-refractivity contribution >= 4 is 11.9 Å². The molecule has 0 aromatic heterocycles. The van der Waals surface area contributed by atoms with Crippen molar-refractivity contribution < 1.29 is 29.6 Å². The predicted octanol–water partition coefficient (Wildman–Crippen LogP) is -0.752. The smallest absolute Gasteiger partial charge is 0.315 e. The fourth-order valence-electron chi connectivity index (χ4n) is 1.89. The lowest BCUT2D eigenvalue weighted by Gasteiger charge is -2.25. The first kappa shape index (κ1) is 13.5. The lowest BCUT2D eigenvalue weighted by molar-refractivity contribution is -0.541. The molecule has 2 N–H and O–H groups in total. The number of rotatable bonds is 4. The molecule has 0 heterocycles. The molecule has 4 unspecified atom stereocenters. The normalized spacial score (nSPS) is 30.7. The van der Waals surface area contributed by atoms with Crippen LogP contribution in [0, 0.1) is 32.1 Å². The first-order chi connectivity index (χ1) is 8.27. The molecule has 0 amide bonds. The number of nitro groups is 2. The number of hydrogen-bond donors (Lipinski definition) is 2. The predicted molar refractivity (Wildman–Crippen MR) is 53.0 cm³/mol. The third-order valence-electron chi connectivity index (χ3n) is 2.69. The van der Waals surface area contributed by atoms with Gasteiger partial charge in [0.15, 0.2) is 0 Å². The van der Waals surface area contributed by atoms with Gasteiger partial charge in [-0.05, 0) is 12.2 Å². The zero-order valence-corrected chi connectivity index (χ0v) is 8.70. The maximum absolute atomic E-state index is 10.9. The highest BCUT2D eigenvalue weighted by Crippen LogP contribution is 2.30. The van der Waals surface area contributed by atoms with Crippen LogP contribution in [0.5, 0.6) is 0 Å². The molecule has 18 heavy (non-hydrogen) atoms. The zero-order valence-electron chi connectivity index (χ0n) is 8.70. The van der Waals surface area contributed by atoms with Gasteiger partial charge >= 0.3 is 11.9 Å². The summed E-state index contributed by atoms with van der Waals surface area (Å²) in [6.45, 7) is 0. The second-order valence-electron chi connectivity index (χ2n) is 3.66. The Kier molecular flexibility index (Phi) is 3.59. The molecule has 0 aromatic carbocycles. The van der Waals surface area contributed by atoms with Gasteiger partial charge in [-0.2, -0.15) is 0 Å². The Labute approximate surface area is 98.8 Å². The first-order valence-corrected chi connectivity index (χ1v) is 4.68. The van der Waals surface area contributed by atoms with Crippen LogP contribution in [-0.4, -0.2) is 44.1 Å². The van der Waals surface area contributed by atoms with E-state index in [0.29, 0.717) is 0 Å². The van der Waals surface area contributed by atoms with Crippen LogP contribution in [0.15, 0.2) is 12.2 Å². The third-order valence-corrected chi connectivity index (χ3v) is 2.69. The van der Waals surface area contributed by atoms with Gasteiger partial charge in [0.05, 0.1) is 0 Å². The summed E-state index contributed by atoms with van der Waals surface area (Å²) in [4.78, 5) is 41.2. The topological polar surface area (TPSA) is 161 Å². The van der Waals surface area contributed by atoms with E-state index in [1.54, 1.807) is 0 Å². The van der Waals surface area contributed by atoms with Gasteiger partial charge in [-0.15, -0.1) is 0 Å². The molecule has 0 saturated heterocycles. The first-order valence-electron chi connectivity index (χ1n) is 4.68. The van der Waals surface area contributed by atoms with E-state index in [1.807, 2.05) is 0 Å². The molecular formula is C8H8N2O8. The maximum atomic E-state index is 10.9. The average molecular weight is 260 g/mol. The Hall–Kier alpha value is -2.52. The molecule has 0 saturated carbocycles. The van der Waals surface area contributed by atoms with E-state index < -0.39 is 45.7 Å². The van der Waals surface area contributed by atoms with E-state index in [4.69, 9.17) is 10.2 Å². The van der Waals surface area contributed by atoms with Gasteiger partial charge in [0.2, 0.25) is 12.1 Å². The van der Waals surface area contributed by atoms with Crippen molar-refractivity contribution in [1.82, 2.24) is 0 Å². The molecule has 4 atom stereocenters. The summed E-state index contributed by atoms with van der Waals surface area (Å²) in [5, 5.41) is 39.0. The number of hydrogen-bond acceptors (Lipinski definition) is 6. The summed E-state index contributed by atoms with van der Waals surface area (Å²) in [7, 11) is 0. The largest absolute Gasteiger partial charge is 0.481 e. The van der Waals surface area contributed by atoms with Crippen molar-refractivity contribution in [3.05, 3.63) is 32.4 Å². The lowest BCUT2D eigenvalue weighted by atomic mass is 9.77. The van der Waals surface area contributed by atoms with E-state index in [-0.39, 0.29) is 0 Å². The van der Waals surface area contributed by atoms with Gasteiger partial charge in [0.1, 0.15) is 11.8 Å². The highest BCUT2D eigenvalue weighted by atomic mass is 16.6. The summed E-state index contributed by atoms with van der Waals surface area (Å²) >= 11 is 0.